The first-order valence-electron chi connectivity index (χ1n) is 20.2. The van der Waals surface area contributed by atoms with Crippen molar-refractivity contribution in [2.24, 2.45) is 62.1 Å². The van der Waals surface area contributed by atoms with E-state index in [1.165, 1.54) is 24.8 Å². The second kappa shape index (κ2) is 12.9. The van der Waals surface area contributed by atoms with Gasteiger partial charge in [0.2, 0.25) is 11.8 Å². The van der Waals surface area contributed by atoms with Gasteiger partial charge in [-0.25, -0.2) is 0 Å². The number of fused-ring (bicyclic) bond motifs is 7. The highest BCUT2D eigenvalue weighted by molar-refractivity contribution is 5.86. The Labute approximate surface area is 307 Å². The minimum atomic E-state index is -0.890. The van der Waals surface area contributed by atoms with Crippen LogP contribution in [-0.2, 0) is 23.9 Å². The number of carboxylic acid groups (broad SMARTS) is 1. The fourth-order valence-corrected chi connectivity index (χ4v) is 14.2. The van der Waals surface area contributed by atoms with E-state index >= 15 is 0 Å². The Morgan fingerprint density at radius 3 is 2.24 bits per heavy atom. The van der Waals surface area contributed by atoms with E-state index in [1.54, 1.807) is 4.90 Å². The Hall–Kier alpha value is -2.38. The van der Waals surface area contributed by atoms with Gasteiger partial charge in [-0.1, -0.05) is 60.6 Å². The lowest BCUT2D eigenvalue weighted by Crippen LogP contribution is -2.67. The Balaban J connectivity index is 1.23. The van der Waals surface area contributed by atoms with E-state index in [0.717, 1.165) is 44.9 Å². The van der Waals surface area contributed by atoms with Crippen LogP contribution in [0.4, 0.5) is 0 Å². The maximum absolute atomic E-state index is 14.0. The summed E-state index contributed by atoms with van der Waals surface area (Å²) < 4.78 is 6.27. The number of hydrogen-bond acceptors (Lipinski definition) is 5. The van der Waals surface area contributed by atoms with Gasteiger partial charge in [-0.05, 0) is 128 Å². The third-order valence-corrected chi connectivity index (χ3v) is 17.0. The summed E-state index contributed by atoms with van der Waals surface area (Å²) in [5.74, 6) is 1.48. The summed E-state index contributed by atoms with van der Waals surface area (Å²) in [7, 11) is 1.83. The molecule has 1 aliphatic heterocycles. The number of amides is 2. The topological polar surface area (TPSA) is 104 Å². The molecular weight excluding hydrogens is 640 g/mol. The molecule has 5 saturated carbocycles. The van der Waals surface area contributed by atoms with E-state index in [4.69, 9.17) is 4.74 Å². The minimum absolute atomic E-state index is 0.0233. The van der Waals surface area contributed by atoms with Crippen molar-refractivity contribution in [3.63, 3.8) is 0 Å². The van der Waals surface area contributed by atoms with Gasteiger partial charge in [-0.2, -0.15) is 0 Å². The summed E-state index contributed by atoms with van der Waals surface area (Å²) in [4.78, 5) is 54.8. The van der Waals surface area contributed by atoms with Gasteiger partial charge < -0.3 is 19.6 Å². The highest BCUT2D eigenvalue weighted by Gasteiger charge is 2.71. The third-order valence-electron chi connectivity index (χ3n) is 17.0. The highest BCUT2D eigenvalue weighted by atomic mass is 16.5. The molecule has 2 amide bonds. The first kappa shape index (κ1) is 38.3. The van der Waals surface area contributed by atoms with Crippen LogP contribution in [0.25, 0.3) is 0 Å². The third kappa shape index (κ3) is 6.18. The van der Waals surface area contributed by atoms with Crippen LogP contribution in [0.2, 0.25) is 0 Å². The lowest BCUT2D eigenvalue weighted by Gasteiger charge is -2.73. The van der Waals surface area contributed by atoms with Crippen molar-refractivity contribution in [1.82, 2.24) is 9.80 Å². The second-order valence-corrected chi connectivity index (χ2v) is 20.6. The van der Waals surface area contributed by atoms with Crippen molar-refractivity contribution in [3.05, 3.63) is 12.2 Å². The summed E-state index contributed by atoms with van der Waals surface area (Å²) in [6.45, 7) is 24.3. The van der Waals surface area contributed by atoms with E-state index in [1.807, 2.05) is 25.8 Å². The standard InChI is InChI=1S/C43H68N2O6/c1-27(2)28-13-18-43(23-33(46)45-22-21-44(10)34(47)26-45)20-19-41(8)29(37(28)43)11-12-31-40(7)16-15-32(39(5,6)30(40)14-17-42(31,41)9)51-36(50)25-38(3,4)24-35(48)49/h28-32,37H,1,11-26H2,2-10H3,(H,48,49)/t28-,29+,30-,31+,32-,37+,40-,41+,42+,43+/m0/s1. The lowest BCUT2D eigenvalue weighted by molar-refractivity contribution is -0.250. The van der Waals surface area contributed by atoms with Crippen molar-refractivity contribution in [1.29, 1.82) is 0 Å². The van der Waals surface area contributed by atoms with E-state index in [-0.39, 0.29) is 70.3 Å². The van der Waals surface area contributed by atoms with Gasteiger partial charge in [-0.15, -0.1) is 0 Å². The fourth-order valence-electron chi connectivity index (χ4n) is 14.2. The van der Waals surface area contributed by atoms with Crippen LogP contribution in [0, 0.1) is 62.1 Å². The van der Waals surface area contributed by atoms with Gasteiger partial charge in [-0.3, -0.25) is 19.2 Å². The SMILES string of the molecule is C=C(C)[C@@H]1CC[C@]2(CC(=O)N3CCN(C)C(=O)C3)CC[C@]3(C)[C@H](CC[C@@H]4[C@@]5(C)CC[C@H](OC(=O)CC(C)(C)CC(=O)O)C(C)(C)[C@@H]5CC[C@]43C)[C@@H]12. The van der Waals surface area contributed by atoms with Crippen molar-refractivity contribution >= 4 is 23.8 Å². The number of aliphatic carboxylic acids is 1. The Kier molecular flexibility index (Phi) is 9.69. The number of carboxylic acids is 1. The Morgan fingerprint density at radius 2 is 1.59 bits per heavy atom. The molecule has 0 spiro atoms. The van der Waals surface area contributed by atoms with Crippen LogP contribution in [0.15, 0.2) is 12.2 Å². The summed E-state index contributed by atoms with van der Waals surface area (Å²) in [5.41, 5.74) is 0.895. The number of carbonyl (C=O) groups excluding carboxylic acids is 3. The number of carbonyl (C=O) groups is 4. The van der Waals surface area contributed by atoms with Crippen LogP contribution in [-0.4, -0.2) is 71.4 Å². The molecule has 8 nitrogen and oxygen atoms in total. The first-order valence-corrected chi connectivity index (χ1v) is 20.2. The zero-order chi connectivity index (χ0) is 37.5. The monoisotopic (exact) mass is 709 g/mol. The van der Waals surface area contributed by atoms with Gasteiger partial charge in [0.25, 0.3) is 0 Å². The maximum Gasteiger partial charge on any atom is 0.306 e. The molecule has 286 valence electrons. The summed E-state index contributed by atoms with van der Waals surface area (Å²) in [6, 6.07) is 0. The molecule has 6 rings (SSSR count). The molecule has 1 N–H and O–H groups in total. The molecule has 1 saturated heterocycles. The average Bonchev–Trinajstić information content (AvgIpc) is 3.39. The highest BCUT2D eigenvalue weighted by Crippen LogP contribution is 2.78. The van der Waals surface area contributed by atoms with Crippen LogP contribution in [0.5, 0.6) is 0 Å². The average molecular weight is 709 g/mol. The van der Waals surface area contributed by atoms with Crippen molar-refractivity contribution in [2.75, 3.05) is 26.7 Å². The number of allylic oxidation sites excluding steroid dienone is 1. The Bertz CT molecular complexity index is 1450. The molecule has 0 radical (unpaired) electrons. The Morgan fingerprint density at radius 1 is 0.882 bits per heavy atom. The molecule has 0 aromatic rings. The van der Waals surface area contributed by atoms with Crippen molar-refractivity contribution < 1.29 is 29.0 Å². The molecule has 6 fully saturated rings. The van der Waals surface area contributed by atoms with Crippen LogP contribution >= 0.6 is 0 Å². The molecule has 0 aromatic heterocycles. The molecule has 1 heterocycles. The van der Waals surface area contributed by atoms with E-state index < -0.39 is 11.4 Å². The molecule has 10 atom stereocenters. The zero-order valence-corrected chi connectivity index (χ0v) is 33.4. The predicted octanol–water partition coefficient (Wildman–Crippen LogP) is 8.14. The number of hydrogen-bond donors (Lipinski definition) is 1. The van der Waals surface area contributed by atoms with Gasteiger partial charge in [0, 0.05) is 32.0 Å². The van der Waals surface area contributed by atoms with Gasteiger partial charge >= 0.3 is 11.9 Å². The molecule has 6 aliphatic rings. The van der Waals surface area contributed by atoms with E-state index in [2.05, 4.69) is 48.1 Å². The molecule has 8 heteroatoms. The van der Waals surface area contributed by atoms with E-state index in [9.17, 15) is 24.3 Å². The summed E-state index contributed by atoms with van der Waals surface area (Å²) in [6.07, 6.45) is 11.4. The normalized spacial score (nSPS) is 41.9. The molecular formula is C43H68N2O6. The number of ether oxygens (including phenoxy) is 1. The molecule has 5 aliphatic carbocycles. The summed E-state index contributed by atoms with van der Waals surface area (Å²) >= 11 is 0. The number of rotatable bonds is 8. The van der Waals surface area contributed by atoms with Crippen LogP contribution < -0.4 is 0 Å². The number of esters is 1. The minimum Gasteiger partial charge on any atom is -0.481 e. The molecule has 0 bridgehead atoms. The molecule has 0 unspecified atom stereocenters. The quantitative estimate of drug-likeness (QED) is 0.202. The fraction of sp³-hybridized carbons (Fsp3) is 0.860. The van der Waals surface area contributed by atoms with Crippen LogP contribution in [0.3, 0.4) is 0 Å². The molecule has 51 heavy (non-hydrogen) atoms. The van der Waals surface area contributed by atoms with Crippen molar-refractivity contribution in [2.45, 2.75) is 145 Å². The first-order chi connectivity index (χ1) is 23.6. The largest absolute Gasteiger partial charge is 0.481 e. The predicted molar refractivity (Wildman–Crippen MR) is 198 cm³/mol. The summed E-state index contributed by atoms with van der Waals surface area (Å²) in [5, 5.41) is 9.34. The lowest BCUT2D eigenvalue weighted by atomic mass is 9.32. The maximum atomic E-state index is 14.0. The van der Waals surface area contributed by atoms with Gasteiger partial charge in [0.15, 0.2) is 0 Å². The van der Waals surface area contributed by atoms with Gasteiger partial charge in [0.1, 0.15) is 6.10 Å². The molecule has 0 aromatic carbocycles. The zero-order valence-electron chi connectivity index (χ0n) is 33.4. The number of likely N-dealkylation sites (N-methyl/N-ethyl adjacent to an activating group) is 1. The smallest absolute Gasteiger partial charge is 0.306 e. The van der Waals surface area contributed by atoms with E-state index in [0.29, 0.717) is 49.1 Å². The second-order valence-electron chi connectivity index (χ2n) is 20.6. The van der Waals surface area contributed by atoms with Crippen molar-refractivity contribution in [3.8, 4) is 0 Å². The van der Waals surface area contributed by atoms with Crippen LogP contribution in [0.1, 0.15) is 139 Å². The van der Waals surface area contributed by atoms with Gasteiger partial charge in [0.05, 0.1) is 19.4 Å². The number of piperazine rings is 1. The number of nitrogens with zero attached hydrogens (tertiary/aromatic N) is 2.